The zero-order valence-electron chi connectivity index (χ0n) is 13.7. The van der Waals surface area contributed by atoms with Crippen molar-refractivity contribution in [2.75, 3.05) is 6.61 Å². The molecule has 0 aromatic carbocycles. The summed E-state index contributed by atoms with van der Waals surface area (Å²) in [5, 5.41) is 6.55. The smallest absolute Gasteiger partial charge is 0.378 e. The van der Waals surface area contributed by atoms with Crippen LogP contribution in [0.5, 0.6) is 0 Å². The number of rotatable bonds is 5. The maximum atomic E-state index is 13.1. The van der Waals surface area contributed by atoms with Crippen LogP contribution in [0.25, 0.3) is 0 Å². The number of alkyl halides is 3. The molecule has 8 heteroatoms. The molecule has 1 heterocycles. The van der Waals surface area contributed by atoms with Crippen LogP contribution in [0.3, 0.4) is 0 Å². The Hall–Kier alpha value is -1.57. The van der Waals surface area contributed by atoms with Gasteiger partial charge in [-0.2, -0.15) is 18.3 Å². The van der Waals surface area contributed by atoms with E-state index in [0.29, 0.717) is 25.1 Å². The van der Waals surface area contributed by atoms with E-state index in [1.165, 1.54) is 4.68 Å². The van der Waals surface area contributed by atoms with Gasteiger partial charge in [-0.1, -0.05) is 0 Å². The van der Waals surface area contributed by atoms with E-state index in [1.54, 1.807) is 0 Å². The molecule has 1 aromatic heterocycles. The van der Waals surface area contributed by atoms with Crippen LogP contribution in [0, 0.1) is 0 Å². The van der Waals surface area contributed by atoms with E-state index < -0.39 is 11.9 Å². The van der Waals surface area contributed by atoms with Crippen molar-refractivity contribution in [3.05, 3.63) is 17.0 Å². The Morgan fingerprint density at radius 3 is 2.71 bits per heavy atom. The second-order valence-electron chi connectivity index (χ2n) is 6.45. The van der Waals surface area contributed by atoms with Crippen molar-refractivity contribution >= 4 is 5.91 Å². The number of halogens is 3. The molecule has 1 N–H and O–H groups in total. The topological polar surface area (TPSA) is 56.1 Å². The minimum absolute atomic E-state index is 0.0440. The first-order valence-corrected chi connectivity index (χ1v) is 8.45. The fourth-order valence-corrected chi connectivity index (χ4v) is 3.49. The number of hydrogen-bond donors (Lipinski definition) is 1. The fraction of sp³-hybridized carbons (Fsp3) is 0.750. The molecule has 1 saturated carbocycles. The number of carbonyl (C=O) groups is 1. The highest BCUT2D eigenvalue weighted by Gasteiger charge is 2.40. The number of carbonyl (C=O) groups excluding carboxylic acids is 1. The fourth-order valence-electron chi connectivity index (χ4n) is 3.49. The number of aromatic nitrogens is 2. The minimum Gasteiger partial charge on any atom is -0.378 e. The van der Waals surface area contributed by atoms with E-state index in [-0.39, 0.29) is 30.2 Å². The van der Waals surface area contributed by atoms with Gasteiger partial charge in [0.15, 0.2) is 5.69 Å². The number of fused-ring (bicyclic) bond motifs is 1. The number of nitrogens with one attached hydrogen (secondary N) is 1. The Bertz CT molecular complexity index is 606. The third-order valence-corrected chi connectivity index (χ3v) is 4.68. The molecule has 1 aromatic rings. The number of amides is 1. The summed E-state index contributed by atoms with van der Waals surface area (Å²) < 4.78 is 46.0. The molecule has 0 atom stereocenters. The van der Waals surface area contributed by atoms with Gasteiger partial charge in [-0.05, 0) is 45.4 Å². The van der Waals surface area contributed by atoms with Crippen LogP contribution in [-0.2, 0) is 35.1 Å². The molecule has 3 rings (SSSR count). The summed E-state index contributed by atoms with van der Waals surface area (Å²) in [4.78, 5) is 12.1. The molecule has 0 saturated heterocycles. The van der Waals surface area contributed by atoms with Gasteiger partial charge in [-0.3, -0.25) is 9.48 Å². The van der Waals surface area contributed by atoms with Gasteiger partial charge >= 0.3 is 6.18 Å². The molecule has 0 aliphatic heterocycles. The van der Waals surface area contributed by atoms with E-state index in [4.69, 9.17) is 4.74 Å². The number of hydrogen-bond acceptors (Lipinski definition) is 3. The van der Waals surface area contributed by atoms with Crippen molar-refractivity contribution in [2.24, 2.45) is 0 Å². The van der Waals surface area contributed by atoms with E-state index in [9.17, 15) is 18.0 Å². The molecular weight excluding hydrogens is 323 g/mol. The van der Waals surface area contributed by atoms with Crippen molar-refractivity contribution in [1.29, 1.82) is 0 Å². The normalized spacial score (nSPS) is 23.5. The molecule has 0 bridgehead atoms. The number of nitrogens with zero attached hydrogens (tertiary/aromatic N) is 2. The lowest BCUT2D eigenvalue weighted by Crippen LogP contribution is -2.48. The lowest BCUT2D eigenvalue weighted by Gasteiger charge is -2.35. The van der Waals surface area contributed by atoms with Gasteiger partial charge in [-0.25, -0.2) is 0 Å². The van der Waals surface area contributed by atoms with E-state index >= 15 is 0 Å². The lowest BCUT2D eigenvalue weighted by atomic mass is 9.89. The summed E-state index contributed by atoms with van der Waals surface area (Å²) in [6.45, 7) is 2.41. The first kappa shape index (κ1) is 17.3. The maximum Gasteiger partial charge on any atom is 0.435 e. The van der Waals surface area contributed by atoms with Crippen molar-refractivity contribution in [1.82, 2.24) is 15.1 Å². The summed E-state index contributed by atoms with van der Waals surface area (Å²) in [6, 6.07) is 0.0440. The van der Waals surface area contributed by atoms with Crippen molar-refractivity contribution in [3.63, 3.8) is 0 Å². The zero-order chi connectivity index (χ0) is 17.3. The van der Waals surface area contributed by atoms with E-state index in [2.05, 4.69) is 10.4 Å². The van der Waals surface area contributed by atoms with Gasteiger partial charge in [0.2, 0.25) is 5.91 Å². The molecule has 5 nitrogen and oxygen atoms in total. The average molecular weight is 345 g/mol. The average Bonchev–Trinajstić information content (AvgIpc) is 2.84. The maximum absolute atomic E-state index is 13.1. The highest BCUT2D eigenvalue weighted by molar-refractivity contribution is 5.76. The van der Waals surface area contributed by atoms with Crippen molar-refractivity contribution in [2.45, 2.75) is 70.3 Å². The molecule has 134 valence electrons. The predicted molar refractivity (Wildman–Crippen MR) is 80.4 cm³/mol. The van der Waals surface area contributed by atoms with Crippen molar-refractivity contribution in [3.8, 4) is 0 Å². The van der Waals surface area contributed by atoms with E-state index in [1.807, 2.05) is 6.92 Å². The largest absolute Gasteiger partial charge is 0.435 e. The van der Waals surface area contributed by atoms with Crippen LogP contribution in [0.1, 0.15) is 49.6 Å². The Kier molecular flexibility index (Phi) is 4.85. The van der Waals surface area contributed by atoms with Crippen molar-refractivity contribution < 1.29 is 22.7 Å². The Morgan fingerprint density at radius 2 is 2.04 bits per heavy atom. The van der Waals surface area contributed by atoms with Crippen LogP contribution in [-0.4, -0.2) is 34.4 Å². The summed E-state index contributed by atoms with van der Waals surface area (Å²) in [7, 11) is 0. The van der Waals surface area contributed by atoms with Gasteiger partial charge in [0, 0.05) is 23.9 Å². The molecule has 0 radical (unpaired) electrons. The van der Waals surface area contributed by atoms with Crippen LogP contribution in [0.15, 0.2) is 0 Å². The van der Waals surface area contributed by atoms with Crippen LogP contribution in [0.2, 0.25) is 0 Å². The van der Waals surface area contributed by atoms with E-state index in [0.717, 1.165) is 25.7 Å². The standard InChI is InChI=1S/C16H22F3N3O2/c1-2-24-11-7-10(8-11)20-14(23)9-22-13-6-4-3-5-12(13)15(21-22)16(17,18)19/h10-11H,2-9H2,1H3,(H,20,23). The van der Waals surface area contributed by atoms with Gasteiger partial charge in [0.1, 0.15) is 6.54 Å². The molecule has 0 spiro atoms. The summed E-state index contributed by atoms with van der Waals surface area (Å²) in [5.41, 5.74) is -0.00353. The second kappa shape index (κ2) is 6.74. The highest BCUT2D eigenvalue weighted by atomic mass is 19.4. The van der Waals surface area contributed by atoms with Gasteiger partial charge < -0.3 is 10.1 Å². The van der Waals surface area contributed by atoms with Gasteiger partial charge in [-0.15, -0.1) is 0 Å². The molecule has 24 heavy (non-hydrogen) atoms. The number of ether oxygens (including phenoxy) is 1. The lowest BCUT2D eigenvalue weighted by molar-refractivity contribution is -0.142. The Labute approximate surface area is 138 Å². The second-order valence-corrected chi connectivity index (χ2v) is 6.45. The third kappa shape index (κ3) is 3.58. The molecule has 1 amide bonds. The Morgan fingerprint density at radius 1 is 1.33 bits per heavy atom. The summed E-state index contributed by atoms with van der Waals surface area (Å²) >= 11 is 0. The van der Waals surface area contributed by atoms with Crippen LogP contribution in [0.4, 0.5) is 13.2 Å². The summed E-state index contributed by atoms with van der Waals surface area (Å²) in [6.07, 6.45) is -0.302. The van der Waals surface area contributed by atoms with Gasteiger partial charge in [0.05, 0.1) is 6.10 Å². The van der Waals surface area contributed by atoms with Gasteiger partial charge in [0.25, 0.3) is 0 Å². The zero-order valence-corrected chi connectivity index (χ0v) is 13.7. The first-order valence-electron chi connectivity index (χ1n) is 8.45. The minimum atomic E-state index is -4.47. The first-order chi connectivity index (χ1) is 11.4. The Balaban J connectivity index is 1.65. The monoisotopic (exact) mass is 345 g/mol. The molecule has 1 fully saturated rings. The molecular formula is C16H22F3N3O2. The SMILES string of the molecule is CCOC1CC(NC(=O)Cn2nc(C(F)(F)F)c3c2CCCC3)C1. The van der Waals surface area contributed by atoms with Crippen LogP contribution >= 0.6 is 0 Å². The molecule has 2 aliphatic carbocycles. The third-order valence-electron chi connectivity index (χ3n) is 4.68. The molecule has 0 unspecified atom stereocenters. The quantitative estimate of drug-likeness (QED) is 0.892. The molecule has 2 aliphatic rings. The summed E-state index contributed by atoms with van der Waals surface area (Å²) in [5.74, 6) is -0.292. The predicted octanol–water partition coefficient (Wildman–Crippen LogP) is 2.46. The van der Waals surface area contributed by atoms with Crippen LogP contribution < -0.4 is 5.32 Å². The highest BCUT2D eigenvalue weighted by Crippen LogP contribution is 2.35.